The second kappa shape index (κ2) is 5.05. The van der Waals surface area contributed by atoms with Gasteiger partial charge in [0.25, 0.3) is 0 Å². The topological polar surface area (TPSA) is 45.1 Å². The van der Waals surface area contributed by atoms with Crippen LogP contribution in [0, 0.1) is 12.8 Å². The van der Waals surface area contributed by atoms with Crippen molar-refractivity contribution in [3.8, 4) is 0 Å². The van der Waals surface area contributed by atoms with Gasteiger partial charge in [-0.2, -0.15) is 0 Å². The second-order valence-electron chi connectivity index (χ2n) is 5.45. The minimum Gasteiger partial charge on any atom is -0.394 e. The van der Waals surface area contributed by atoms with Crippen LogP contribution in [-0.2, 0) is 0 Å². The maximum atomic E-state index is 9.71. The average Bonchev–Trinajstić information content (AvgIpc) is 2.29. The van der Waals surface area contributed by atoms with E-state index in [-0.39, 0.29) is 12.1 Å². The van der Waals surface area contributed by atoms with E-state index in [1.165, 1.54) is 12.8 Å². The van der Waals surface area contributed by atoms with Gasteiger partial charge < -0.3 is 10.4 Å². The highest BCUT2D eigenvalue weighted by atomic mass is 16.3. The SMILES string of the molecule is Cc1cc(NC2(CO)CCCC(C)C2)ccn1. The van der Waals surface area contributed by atoms with Gasteiger partial charge in [0.15, 0.2) is 0 Å². The van der Waals surface area contributed by atoms with E-state index in [2.05, 4.69) is 17.2 Å². The largest absolute Gasteiger partial charge is 0.394 e. The number of pyridine rings is 1. The smallest absolute Gasteiger partial charge is 0.0661 e. The van der Waals surface area contributed by atoms with E-state index in [0.29, 0.717) is 5.92 Å². The Balaban J connectivity index is 2.13. The van der Waals surface area contributed by atoms with Gasteiger partial charge in [-0.3, -0.25) is 4.98 Å². The fraction of sp³-hybridized carbons (Fsp3) is 0.643. The van der Waals surface area contributed by atoms with Crippen molar-refractivity contribution in [1.82, 2.24) is 4.98 Å². The van der Waals surface area contributed by atoms with Crippen LogP contribution in [0.5, 0.6) is 0 Å². The van der Waals surface area contributed by atoms with Gasteiger partial charge in [-0.1, -0.05) is 19.8 Å². The third-order valence-electron chi connectivity index (χ3n) is 3.70. The Morgan fingerprint density at radius 2 is 2.41 bits per heavy atom. The fourth-order valence-electron chi connectivity index (χ4n) is 2.89. The second-order valence-corrected chi connectivity index (χ2v) is 5.45. The fourth-order valence-corrected chi connectivity index (χ4v) is 2.89. The summed E-state index contributed by atoms with van der Waals surface area (Å²) in [5.41, 5.74) is 1.94. The molecule has 2 N–H and O–H groups in total. The van der Waals surface area contributed by atoms with Crippen molar-refractivity contribution in [2.75, 3.05) is 11.9 Å². The van der Waals surface area contributed by atoms with E-state index in [0.717, 1.165) is 24.2 Å². The van der Waals surface area contributed by atoms with E-state index in [9.17, 15) is 5.11 Å². The summed E-state index contributed by atoms with van der Waals surface area (Å²) in [5, 5.41) is 13.2. The molecule has 1 saturated carbocycles. The van der Waals surface area contributed by atoms with Gasteiger partial charge in [-0.15, -0.1) is 0 Å². The van der Waals surface area contributed by atoms with Gasteiger partial charge in [0.1, 0.15) is 0 Å². The maximum Gasteiger partial charge on any atom is 0.0661 e. The Kier molecular flexibility index (Phi) is 3.67. The average molecular weight is 234 g/mol. The molecule has 0 radical (unpaired) electrons. The van der Waals surface area contributed by atoms with Gasteiger partial charge in [-0.05, 0) is 37.8 Å². The molecule has 1 heterocycles. The molecule has 0 aromatic carbocycles. The zero-order valence-electron chi connectivity index (χ0n) is 10.7. The van der Waals surface area contributed by atoms with Crippen molar-refractivity contribution in [3.63, 3.8) is 0 Å². The number of aryl methyl sites for hydroxylation is 1. The zero-order chi connectivity index (χ0) is 12.3. The molecule has 1 aromatic heterocycles. The van der Waals surface area contributed by atoms with Crippen LogP contribution in [0.2, 0.25) is 0 Å². The van der Waals surface area contributed by atoms with Crippen LogP contribution < -0.4 is 5.32 Å². The molecule has 0 amide bonds. The van der Waals surface area contributed by atoms with Crippen molar-refractivity contribution in [3.05, 3.63) is 24.0 Å². The molecule has 3 nitrogen and oxygen atoms in total. The van der Waals surface area contributed by atoms with Crippen LogP contribution in [0.1, 0.15) is 38.3 Å². The van der Waals surface area contributed by atoms with Crippen molar-refractivity contribution in [2.45, 2.75) is 45.1 Å². The number of aliphatic hydroxyl groups excluding tert-OH is 1. The molecular formula is C14H22N2O. The van der Waals surface area contributed by atoms with Crippen LogP contribution >= 0.6 is 0 Å². The lowest BCUT2D eigenvalue weighted by Gasteiger charge is -2.40. The molecule has 1 aliphatic rings. The normalized spacial score (nSPS) is 29.0. The predicted molar refractivity (Wildman–Crippen MR) is 70.0 cm³/mol. The van der Waals surface area contributed by atoms with Crippen molar-refractivity contribution >= 4 is 5.69 Å². The van der Waals surface area contributed by atoms with Crippen LogP contribution in [0.25, 0.3) is 0 Å². The number of aromatic nitrogens is 1. The number of aliphatic hydroxyl groups is 1. The quantitative estimate of drug-likeness (QED) is 0.845. The molecule has 3 heteroatoms. The lowest BCUT2D eigenvalue weighted by Crippen LogP contribution is -2.45. The van der Waals surface area contributed by atoms with Gasteiger partial charge in [0.2, 0.25) is 0 Å². The van der Waals surface area contributed by atoms with Crippen molar-refractivity contribution < 1.29 is 5.11 Å². The van der Waals surface area contributed by atoms with Crippen molar-refractivity contribution in [1.29, 1.82) is 0 Å². The van der Waals surface area contributed by atoms with E-state index >= 15 is 0 Å². The van der Waals surface area contributed by atoms with Crippen molar-refractivity contribution in [2.24, 2.45) is 5.92 Å². The van der Waals surface area contributed by atoms with Crippen LogP contribution in [0.3, 0.4) is 0 Å². The Morgan fingerprint density at radius 1 is 1.59 bits per heavy atom. The summed E-state index contributed by atoms with van der Waals surface area (Å²) in [4.78, 5) is 4.19. The molecule has 2 rings (SSSR count). The van der Waals surface area contributed by atoms with E-state index < -0.39 is 0 Å². The summed E-state index contributed by atoms with van der Waals surface area (Å²) in [6, 6.07) is 4.01. The summed E-state index contributed by atoms with van der Waals surface area (Å²) in [6.07, 6.45) is 6.38. The summed E-state index contributed by atoms with van der Waals surface area (Å²) >= 11 is 0. The maximum absolute atomic E-state index is 9.71. The first-order chi connectivity index (χ1) is 8.13. The monoisotopic (exact) mass is 234 g/mol. The number of nitrogens with zero attached hydrogens (tertiary/aromatic N) is 1. The first kappa shape index (κ1) is 12.4. The number of hydrogen-bond acceptors (Lipinski definition) is 3. The highest BCUT2D eigenvalue weighted by Crippen LogP contribution is 2.34. The van der Waals surface area contributed by atoms with Crippen LogP contribution in [0.4, 0.5) is 5.69 Å². The lowest BCUT2D eigenvalue weighted by atomic mass is 9.76. The van der Waals surface area contributed by atoms with Gasteiger partial charge in [0, 0.05) is 17.6 Å². The lowest BCUT2D eigenvalue weighted by molar-refractivity contribution is 0.149. The van der Waals surface area contributed by atoms with E-state index in [1.807, 2.05) is 25.3 Å². The summed E-state index contributed by atoms with van der Waals surface area (Å²) in [7, 11) is 0. The predicted octanol–water partition coefficient (Wildman–Crippen LogP) is 2.74. The summed E-state index contributed by atoms with van der Waals surface area (Å²) in [5.74, 6) is 0.686. The third kappa shape index (κ3) is 2.97. The Labute approximate surface area is 103 Å². The summed E-state index contributed by atoms with van der Waals surface area (Å²) < 4.78 is 0. The molecule has 2 unspecified atom stereocenters. The Morgan fingerprint density at radius 3 is 3.06 bits per heavy atom. The number of hydrogen-bond donors (Lipinski definition) is 2. The molecule has 94 valence electrons. The Hall–Kier alpha value is -1.09. The molecule has 17 heavy (non-hydrogen) atoms. The molecule has 1 fully saturated rings. The molecule has 0 bridgehead atoms. The molecule has 0 aliphatic heterocycles. The Bertz CT molecular complexity index is 380. The zero-order valence-corrected chi connectivity index (χ0v) is 10.7. The van der Waals surface area contributed by atoms with E-state index in [1.54, 1.807) is 0 Å². The van der Waals surface area contributed by atoms with E-state index in [4.69, 9.17) is 0 Å². The molecule has 2 atom stereocenters. The standard InChI is InChI=1S/C14H22N2O/c1-11-4-3-6-14(9-11,10-17)16-13-5-7-15-12(2)8-13/h5,7-8,11,17H,3-4,6,9-10H2,1-2H3,(H,15,16). The van der Waals surface area contributed by atoms with Gasteiger partial charge >= 0.3 is 0 Å². The number of anilines is 1. The highest BCUT2D eigenvalue weighted by Gasteiger charge is 2.34. The highest BCUT2D eigenvalue weighted by molar-refractivity contribution is 5.45. The van der Waals surface area contributed by atoms with Crippen LogP contribution in [0.15, 0.2) is 18.3 Å². The minimum atomic E-state index is -0.133. The van der Waals surface area contributed by atoms with Gasteiger partial charge in [-0.25, -0.2) is 0 Å². The minimum absolute atomic E-state index is 0.133. The molecule has 0 saturated heterocycles. The third-order valence-corrected chi connectivity index (χ3v) is 3.70. The van der Waals surface area contributed by atoms with Gasteiger partial charge in [0.05, 0.1) is 12.1 Å². The molecule has 1 aliphatic carbocycles. The van der Waals surface area contributed by atoms with Crippen LogP contribution in [-0.4, -0.2) is 22.2 Å². The molecule has 0 spiro atoms. The number of rotatable bonds is 3. The summed E-state index contributed by atoms with van der Waals surface area (Å²) in [6.45, 7) is 4.46. The molecular weight excluding hydrogens is 212 g/mol. The number of nitrogens with one attached hydrogen (secondary N) is 1. The first-order valence-corrected chi connectivity index (χ1v) is 6.45. The molecule has 1 aromatic rings. The first-order valence-electron chi connectivity index (χ1n) is 6.45.